The van der Waals surface area contributed by atoms with E-state index in [1.165, 1.54) is 0 Å². The summed E-state index contributed by atoms with van der Waals surface area (Å²) < 4.78 is 5.48. The molecule has 2 fully saturated rings. The van der Waals surface area contributed by atoms with E-state index in [0.29, 0.717) is 25.2 Å². The monoisotopic (exact) mass is 416 g/mol. The highest BCUT2D eigenvalue weighted by atomic mass is 16.5. The summed E-state index contributed by atoms with van der Waals surface area (Å²) >= 11 is 0. The number of morpholine rings is 1. The molecule has 0 radical (unpaired) electrons. The fourth-order valence-corrected chi connectivity index (χ4v) is 3.45. The number of urea groups is 1. The molecule has 8 nitrogen and oxygen atoms in total. The van der Waals surface area contributed by atoms with E-state index in [9.17, 15) is 4.79 Å². The summed E-state index contributed by atoms with van der Waals surface area (Å²) in [5, 5.41) is 5.80. The van der Waals surface area contributed by atoms with E-state index in [2.05, 4.69) is 20.5 Å². The number of nitrogens with one attached hydrogen (secondary N) is 2. The van der Waals surface area contributed by atoms with Gasteiger partial charge in [-0.05, 0) is 43.2 Å². The molecule has 0 bridgehead atoms. The van der Waals surface area contributed by atoms with Crippen LogP contribution in [0.2, 0.25) is 0 Å². The Bertz CT molecular complexity index is 1050. The molecule has 0 atom stereocenters. The van der Waals surface area contributed by atoms with Gasteiger partial charge in [-0.2, -0.15) is 0 Å². The summed E-state index contributed by atoms with van der Waals surface area (Å²) in [5.74, 6) is 0.686. The third-order valence-electron chi connectivity index (χ3n) is 5.32. The molecule has 1 aliphatic heterocycles. The van der Waals surface area contributed by atoms with E-state index in [0.717, 1.165) is 54.1 Å². The number of amides is 2. The Balaban J connectivity index is 1.43. The van der Waals surface area contributed by atoms with Crippen LogP contribution in [0.15, 0.2) is 54.9 Å². The summed E-state index contributed by atoms with van der Waals surface area (Å²) in [6.07, 6.45) is 5.68. The molecule has 0 spiro atoms. The molecule has 158 valence electrons. The molecule has 0 unspecified atom stereocenters. The van der Waals surface area contributed by atoms with Crippen LogP contribution in [0, 0.1) is 0 Å². The van der Waals surface area contributed by atoms with E-state index in [-0.39, 0.29) is 6.03 Å². The van der Waals surface area contributed by atoms with E-state index >= 15 is 0 Å². The molecule has 5 rings (SSSR count). The fraction of sp³-hybridized carbons (Fsp3) is 0.304. The Labute approximate surface area is 180 Å². The van der Waals surface area contributed by atoms with E-state index < -0.39 is 0 Å². The van der Waals surface area contributed by atoms with Gasteiger partial charge < -0.3 is 20.3 Å². The van der Waals surface area contributed by atoms with Gasteiger partial charge in [-0.3, -0.25) is 4.98 Å². The summed E-state index contributed by atoms with van der Waals surface area (Å²) in [6.45, 7) is 2.85. The van der Waals surface area contributed by atoms with Crippen molar-refractivity contribution < 1.29 is 9.53 Å². The first-order chi connectivity index (χ1) is 15.2. The van der Waals surface area contributed by atoms with Crippen molar-refractivity contribution in [3.05, 3.63) is 54.9 Å². The molecule has 2 N–H and O–H groups in total. The lowest BCUT2D eigenvalue weighted by molar-refractivity contribution is 0.122. The van der Waals surface area contributed by atoms with Gasteiger partial charge in [-0.15, -0.1) is 0 Å². The Morgan fingerprint density at radius 3 is 2.42 bits per heavy atom. The number of hydrogen-bond acceptors (Lipinski definition) is 6. The number of hydrogen-bond donors (Lipinski definition) is 2. The van der Waals surface area contributed by atoms with E-state index in [1.54, 1.807) is 12.4 Å². The first-order valence-electron chi connectivity index (χ1n) is 10.5. The molecule has 3 aromatic rings. The second-order valence-electron chi connectivity index (χ2n) is 7.73. The molecule has 1 aromatic carbocycles. The van der Waals surface area contributed by atoms with Crippen molar-refractivity contribution in [1.29, 1.82) is 0 Å². The molecule has 2 aliphatic rings. The summed E-state index contributed by atoms with van der Waals surface area (Å²) in [7, 11) is 0. The minimum Gasteiger partial charge on any atom is -0.378 e. The number of carbonyl (C=O) groups is 1. The first-order valence-corrected chi connectivity index (χ1v) is 10.5. The zero-order chi connectivity index (χ0) is 21.0. The van der Waals surface area contributed by atoms with Crippen molar-refractivity contribution in [1.82, 2.24) is 20.3 Å². The van der Waals surface area contributed by atoms with Gasteiger partial charge in [0.1, 0.15) is 0 Å². The number of benzene rings is 1. The maximum atomic E-state index is 12.0. The Morgan fingerprint density at radius 2 is 1.74 bits per heavy atom. The zero-order valence-electron chi connectivity index (χ0n) is 17.1. The quantitative estimate of drug-likeness (QED) is 0.663. The van der Waals surface area contributed by atoms with Crippen LogP contribution in [-0.4, -0.2) is 53.3 Å². The Hall–Kier alpha value is -3.52. The maximum Gasteiger partial charge on any atom is 0.319 e. The highest BCUT2D eigenvalue weighted by molar-refractivity contribution is 5.90. The number of ether oxygens (including phenoxy) is 1. The smallest absolute Gasteiger partial charge is 0.319 e. The van der Waals surface area contributed by atoms with Crippen LogP contribution in [0.5, 0.6) is 0 Å². The van der Waals surface area contributed by atoms with Crippen molar-refractivity contribution in [2.75, 3.05) is 36.5 Å². The average Bonchev–Trinajstić information content (AvgIpc) is 3.64. The van der Waals surface area contributed by atoms with Crippen molar-refractivity contribution in [2.45, 2.75) is 18.9 Å². The first kappa shape index (κ1) is 19.4. The average molecular weight is 416 g/mol. The lowest BCUT2D eigenvalue weighted by Crippen LogP contribution is -2.37. The minimum absolute atomic E-state index is 0.161. The number of nitrogens with zero attached hydrogens (tertiary/aromatic N) is 4. The van der Waals surface area contributed by atoms with Crippen LogP contribution in [-0.2, 0) is 4.74 Å². The largest absolute Gasteiger partial charge is 0.378 e. The van der Waals surface area contributed by atoms with Gasteiger partial charge in [-0.1, -0.05) is 12.1 Å². The Morgan fingerprint density at radius 1 is 1.00 bits per heavy atom. The van der Waals surface area contributed by atoms with Crippen molar-refractivity contribution in [3.8, 4) is 22.5 Å². The molecule has 1 saturated heterocycles. The molecule has 1 saturated carbocycles. The Kier molecular flexibility index (Phi) is 5.45. The molecule has 1 aliphatic carbocycles. The van der Waals surface area contributed by atoms with Crippen molar-refractivity contribution in [2.24, 2.45) is 0 Å². The third kappa shape index (κ3) is 4.80. The summed E-state index contributed by atoms with van der Waals surface area (Å²) in [6, 6.07) is 13.7. The fourth-order valence-electron chi connectivity index (χ4n) is 3.45. The van der Waals surface area contributed by atoms with Gasteiger partial charge >= 0.3 is 6.03 Å². The SMILES string of the molecule is O=C(Nc1ccc(-c2cc(-c3cccnc3)nc(N3CCOCC3)n2)cc1)NC1CC1. The van der Waals surface area contributed by atoms with Gasteiger partial charge in [0, 0.05) is 48.3 Å². The summed E-state index contributed by atoms with van der Waals surface area (Å²) in [5.41, 5.74) is 4.29. The van der Waals surface area contributed by atoms with Gasteiger partial charge in [0.25, 0.3) is 0 Å². The second kappa shape index (κ2) is 8.69. The number of rotatable bonds is 5. The highest BCUT2D eigenvalue weighted by Crippen LogP contribution is 2.27. The standard InChI is InChI=1S/C23H24N6O2/c30-23(26-19-7-8-19)25-18-5-3-16(4-6-18)20-14-21(17-2-1-9-24-15-17)28-22(27-20)29-10-12-31-13-11-29/h1-6,9,14-15,19H,7-8,10-13H2,(H2,25,26,30). The van der Waals surface area contributed by atoms with Crippen LogP contribution >= 0.6 is 0 Å². The van der Waals surface area contributed by atoms with Gasteiger partial charge in [-0.25, -0.2) is 14.8 Å². The molecule has 2 aromatic heterocycles. The maximum absolute atomic E-state index is 12.0. The molecule has 3 heterocycles. The van der Waals surface area contributed by atoms with Gasteiger partial charge in [0.05, 0.1) is 24.6 Å². The van der Waals surface area contributed by atoms with Crippen LogP contribution < -0.4 is 15.5 Å². The molecule has 31 heavy (non-hydrogen) atoms. The predicted octanol–water partition coefficient (Wildman–Crippen LogP) is 3.33. The molecule has 8 heteroatoms. The number of pyridine rings is 1. The number of aromatic nitrogens is 3. The number of anilines is 2. The number of carbonyl (C=O) groups excluding carboxylic acids is 1. The van der Waals surface area contributed by atoms with Crippen LogP contribution in [0.1, 0.15) is 12.8 Å². The van der Waals surface area contributed by atoms with Crippen LogP contribution in [0.3, 0.4) is 0 Å². The summed E-state index contributed by atoms with van der Waals surface area (Å²) in [4.78, 5) is 28.0. The highest BCUT2D eigenvalue weighted by Gasteiger charge is 2.23. The van der Waals surface area contributed by atoms with Gasteiger partial charge in [0.15, 0.2) is 0 Å². The minimum atomic E-state index is -0.161. The van der Waals surface area contributed by atoms with E-state index in [1.807, 2.05) is 42.5 Å². The molecular weight excluding hydrogens is 392 g/mol. The lowest BCUT2D eigenvalue weighted by Gasteiger charge is -2.27. The topological polar surface area (TPSA) is 92.3 Å². The third-order valence-corrected chi connectivity index (χ3v) is 5.32. The second-order valence-corrected chi connectivity index (χ2v) is 7.73. The van der Waals surface area contributed by atoms with Crippen LogP contribution in [0.4, 0.5) is 16.4 Å². The van der Waals surface area contributed by atoms with Gasteiger partial charge in [0.2, 0.25) is 5.95 Å². The zero-order valence-corrected chi connectivity index (χ0v) is 17.1. The van der Waals surface area contributed by atoms with Crippen molar-refractivity contribution >= 4 is 17.7 Å². The van der Waals surface area contributed by atoms with Crippen molar-refractivity contribution in [3.63, 3.8) is 0 Å². The molecular formula is C23H24N6O2. The lowest BCUT2D eigenvalue weighted by atomic mass is 10.1. The predicted molar refractivity (Wildman–Crippen MR) is 119 cm³/mol. The molecule has 2 amide bonds. The van der Waals surface area contributed by atoms with E-state index in [4.69, 9.17) is 14.7 Å². The normalized spacial score (nSPS) is 16.1. The van der Waals surface area contributed by atoms with Crippen LogP contribution in [0.25, 0.3) is 22.5 Å².